The molecule has 0 aromatic heterocycles. The Morgan fingerprint density at radius 1 is 1.45 bits per heavy atom. The Bertz CT molecular complexity index is 405. The molecule has 2 heterocycles. The van der Waals surface area contributed by atoms with Crippen molar-refractivity contribution in [2.75, 3.05) is 26.2 Å². The zero-order valence-corrected chi connectivity index (χ0v) is 11.8. The van der Waals surface area contributed by atoms with E-state index in [2.05, 4.69) is 10.6 Å². The highest BCUT2D eigenvalue weighted by molar-refractivity contribution is 5.98. The third-order valence-electron chi connectivity index (χ3n) is 3.96. The SMILES string of the molecule is C[C@H](C/C(F)=C/N1CCNCC1)C1CCC(=O)NC1=O. The third kappa shape index (κ3) is 4.03. The molecule has 20 heavy (non-hydrogen) atoms. The van der Waals surface area contributed by atoms with E-state index in [9.17, 15) is 14.0 Å². The molecule has 0 spiro atoms. The van der Waals surface area contributed by atoms with Gasteiger partial charge in [0.15, 0.2) is 0 Å². The van der Waals surface area contributed by atoms with Gasteiger partial charge in [0.2, 0.25) is 11.8 Å². The predicted octanol–water partition coefficient (Wildman–Crippen LogP) is 0.781. The summed E-state index contributed by atoms with van der Waals surface area (Å²) in [6.45, 7) is 5.21. The summed E-state index contributed by atoms with van der Waals surface area (Å²) in [6, 6.07) is 0. The van der Waals surface area contributed by atoms with Crippen molar-refractivity contribution in [3.8, 4) is 0 Å². The second-order valence-electron chi connectivity index (χ2n) is 5.60. The Labute approximate surface area is 118 Å². The molecule has 2 atom stereocenters. The molecule has 2 aliphatic rings. The van der Waals surface area contributed by atoms with Crippen LogP contribution in [-0.2, 0) is 9.59 Å². The number of piperazine rings is 1. The van der Waals surface area contributed by atoms with Gasteiger partial charge < -0.3 is 10.2 Å². The van der Waals surface area contributed by atoms with Crippen LogP contribution in [-0.4, -0.2) is 42.9 Å². The fourth-order valence-electron chi connectivity index (χ4n) is 2.77. The van der Waals surface area contributed by atoms with Crippen molar-refractivity contribution >= 4 is 11.8 Å². The molecule has 0 aromatic carbocycles. The van der Waals surface area contributed by atoms with Gasteiger partial charge in [0, 0.05) is 51.1 Å². The Hall–Kier alpha value is -1.43. The minimum absolute atomic E-state index is 0.0951. The van der Waals surface area contributed by atoms with Gasteiger partial charge in [-0.1, -0.05) is 6.92 Å². The minimum atomic E-state index is -0.269. The first-order chi connectivity index (χ1) is 9.56. The Kier molecular flexibility index (Phi) is 5.11. The molecule has 5 nitrogen and oxygen atoms in total. The fourth-order valence-corrected chi connectivity index (χ4v) is 2.77. The maximum Gasteiger partial charge on any atom is 0.229 e. The number of hydrogen-bond donors (Lipinski definition) is 2. The molecule has 2 N–H and O–H groups in total. The summed E-state index contributed by atoms with van der Waals surface area (Å²) in [7, 11) is 0. The second kappa shape index (κ2) is 6.83. The summed E-state index contributed by atoms with van der Waals surface area (Å²) in [4.78, 5) is 24.8. The van der Waals surface area contributed by atoms with E-state index < -0.39 is 0 Å². The van der Waals surface area contributed by atoms with Crippen LogP contribution in [0.5, 0.6) is 0 Å². The summed E-state index contributed by atoms with van der Waals surface area (Å²) in [6.07, 6.45) is 2.68. The van der Waals surface area contributed by atoms with Crippen LogP contribution in [0.1, 0.15) is 26.2 Å². The number of halogens is 1. The van der Waals surface area contributed by atoms with Crippen molar-refractivity contribution in [1.82, 2.24) is 15.5 Å². The zero-order valence-electron chi connectivity index (χ0n) is 11.8. The lowest BCUT2D eigenvalue weighted by atomic mass is 9.84. The normalized spacial score (nSPS) is 26.4. The van der Waals surface area contributed by atoms with E-state index >= 15 is 0 Å². The fraction of sp³-hybridized carbons (Fsp3) is 0.714. The number of imide groups is 1. The maximum atomic E-state index is 14.0. The van der Waals surface area contributed by atoms with Crippen molar-refractivity contribution in [3.63, 3.8) is 0 Å². The molecule has 2 rings (SSSR count). The Balaban J connectivity index is 1.86. The molecule has 1 unspecified atom stereocenters. The van der Waals surface area contributed by atoms with E-state index in [0.717, 1.165) is 26.2 Å². The van der Waals surface area contributed by atoms with Crippen molar-refractivity contribution in [1.29, 1.82) is 0 Å². The van der Waals surface area contributed by atoms with Gasteiger partial charge in [-0.2, -0.15) is 0 Å². The Morgan fingerprint density at radius 2 is 2.15 bits per heavy atom. The van der Waals surface area contributed by atoms with Crippen LogP contribution in [0.4, 0.5) is 4.39 Å². The van der Waals surface area contributed by atoms with E-state index in [4.69, 9.17) is 0 Å². The Morgan fingerprint density at radius 3 is 2.80 bits per heavy atom. The second-order valence-corrected chi connectivity index (χ2v) is 5.60. The maximum absolute atomic E-state index is 14.0. The molecule has 112 valence electrons. The minimum Gasteiger partial charge on any atom is -0.373 e. The van der Waals surface area contributed by atoms with Gasteiger partial charge >= 0.3 is 0 Å². The van der Waals surface area contributed by atoms with Crippen LogP contribution in [0, 0.1) is 11.8 Å². The van der Waals surface area contributed by atoms with Crippen molar-refractivity contribution in [2.24, 2.45) is 11.8 Å². The molecule has 0 aromatic rings. The third-order valence-corrected chi connectivity index (χ3v) is 3.96. The molecule has 2 aliphatic heterocycles. The van der Waals surface area contributed by atoms with Crippen LogP contribution in [0.25, 0.3) is 0 Å². The van der Waals surface area contributed by atoms with Crippen molar-refractivity contribution in [3.05, 3.63) is 12.0 Å². The predicted molar refractivity (Wildman–Crippen MR) is 73.3 cm³/mol. The lowest BCUT2D eigenvalue weighted by molar-refractivity contribution is -0.137. The highest BCUT2D eigenvalue weighted by Crippen LogP contribution is 2.27. The van der Waals surface area contributed by atoms with Gasteiger partial charge in [0.1, 0.15) is 5.83 Å². The first-order valence-corrected chi connectivity index (χ1v) is 7.21. The van der Waals surface area contributed by atoms with Gasteiger partial charge in [0.05, 0.1) is 0 Å². The van der Waals surface area contributed by atoms with E-state index in [1.54, 1.807) is 6.20 Å². The number of piperidine rings is 1. The molecular weight excluding hydrogens is 261 g/mol. The van der Waals surface area contributed by atoms with Gasteiger partial charge in [0.25, 0.3) is 0 Å². The number of amides is 2. The van der Waals surface area contributed by atoms with Crippen LogP contribution < -0.4 is 10.6 Å². The molecule has 2 amide bonds. The number of allylic oxidation sites excluding steroid dienone is 1. The lowest BCUT2D eigenvalue weighted by Crippen LogP contribution is -2.43. The van der Waals surface area contributed by atoms with Crippen molar-refractivity contribution < 1.29 is 14.0 Å². The number of nitrogens with one attached hydrogen (secondary N) is 2. The topological polar surface area (TPSA) is 61.4 Å². The van der Waals surface area contributed by atoms with Crippen LogP contribution >= 0.6 is 0 Å². The smallest absolute Gasteiger partial charge is 0.229 e. The first-order valence-electron chi connectivity index (χ1n) is 7.21. The monoisotopic (exact) mass is 283 g/mol. The van der Waals surface area contributed by atoms with Crippen LogP contribution in [0.2, 0.25) is 0 Å². The van der Waals surface area contributed by atoms with Crippen molar-refractivity contribution in [2.45, 2.75) is 26.2 Å². The highest BCUT2D eigenvalue weighted by Gasteiger charge is 2.31. The summed E-state index contributed by atoms with van der Waals surface area (Å²) >= 11 is 0. The van der Waals surface area contributed by atoms with Gasteiger partial charge in [-0.15, -0.1) is 0 Å². The lowest BCUT2D eigenvalue weighted by Gasteiger charge is -2.28. The summed E-state index contributed by atoms with van der Waals surface area (Å²) in [5.41, 5.74) is 0. The van der Waals surface area contributed by atoms with E-state index in [0.29, 0.717) is 12.8 Å². The molecule has 2 fully saturated rings. The molecule has 0 radical (unpaired) electrons. The van der Waals surface area contributed by atoms with Crippen LogP contribution in [0.3, 0.4) is 0 Å². The molecular formula is C14H22FN3O2. The van der Waals surface area contributed by atoms with Gasteiger partial charge in [-0.05, 0) is 12.3 Å². The van der Waals surface area contributed by atoms with Gasteiger partial charge in [-0.3, -0.25) is 14.9 Å². The molecule has 2 saturated heterocycles. The first kappa shape index (κ1) is 15.0. The van der Waals surface area contributed by atoms with Gasteiger partial charge in [-0.25, -0.2) is 4.39 Å². The average Bonchev–Trinajstić information content (AvgIpc) is 2.39. The van der Waals surface area contributed by atoms with E-state index in [-0.39, 0.29) is 35.9 Å². The van der Waals surface area contributed by atoms with E-state index in [1.807, 2.05) is 11.8 Å². The highest BCUT2D eigenvalue weighted by atomic mass is 19.1. The number of carbonyl (C=O) groups is 2. The average molecular weight is 283 g/mol. The zero-order chi connectivity index (χ0) is 14.5. The quantitative estimate of drug-likeness (QED) is 0.749. The number of nitrogens with zero attached hydrogens (tertiary/aromatic N) is 1. The molecule has 6 heteroatoms. The number of rotatable bonds is 4. The summed E-state index contributed by atoms with van der Waals surface area (Å²) in [5.74, 6) is -1.04. The van der Waals surface area contributed by atoms with Crippen LogP contribution in [0.15, 0.2) is 12.0 Å². The standard InChI is InChI=1S/C14H22FN3O2/c1-10(12-2-3-13(19)17-14(12)20)8-11(15)9-18-6-4-16-5-7-18/h9-10,12,16H,2-8H2,1H3,(H,17,19,20)/b11-9-/t10-,12?/m1/s1. The molecule has 0 bridgehead atoms. The summed E-state index contributed by atoms with van der Waals surface area (Å²) in [5, 5.41) is 5.54. The number of carbonyl (C=O) groups excluding carboxylic acids is 2. The number of hydrogen-bond acceptors (Lipinski definition) is 4. The molecule has 0 aliphatic carbocycles. The largest absolute Gasteiger partial charge is 0.373 e. The van der Waals surface area contributed by atoms with E-state index in [1.165, 1.54) is 0 Å². The molecule has 0 saturated carbocycles. The summed E-state index contributed by atoms with van der Waals surface area (Å²) < 4.78 is 14.0.